The molecule has 0 bridgehead atoms. The van der Waals surface area contributed by atoms with Crippen molar-refractivity contribution in [3.63, 3.8) is 0 Å². The van der Waals surface area contributed by atoms with Gasteiger partial charge in [-0.1, -0.05) is 0 Å². The lowest BCUT2D eigenvalue weighted by molar-refractivity contribution is 0.247. The van der Waals surface area contributed by atoms with E-state index < -0.39 is 19.9 Å². The summed E-state index contributed by atoms with van der Waals surface area (Å²) < 4.78 is 49.5. The molecule has 1 fully saturated rings. The van der Waals surface area contributed by atoms with E-state index in [0.717, 1.165) is 6.26 Å². The van der Waals surface area contributed by atoms with Crippen molar-refractivity contribution in [2.75, 3.05) is 12.8 Å². The Hall–Kier alpha value is -0.960. The average molecular weight is 332 g/mol. The van der Waals surface area contributed by atoms with Crippen LogP contribution in [-0.4, -0.2) is 46.0 Å². The van der Waals surface area contributed by atoms with Crippen LogP contribution in [0.25, 0.3) is 0 Å². The summed E-state index contributed by atoms with van der Waals surface area (Å²) in [6.07, 6.45) is 2.34. The number of hydrogen-bond acceptors (Lipinski definition) is 5. The van der Waals surface area contributed by atoms with E-state index >= 15 is 0 Å². The van der Waals surface area contributed by atoms with Crippen molar-refractivity contribution in [3.8, 4) is 0 Å². The van der Waals surface area contributed by atoms with Gasteiger partial charge in [0.25, 0.3) is 0 Å². The lowest BCUT2D eigenvalue weighted by Crippen LogP contribution is -2.48. The minimum atomic E-state index is -3.61. The Bertz CT molecular complexity index is 711. The highest BCUT2D eigenvalue weighted by Gasteiger charge is 2.33. The molecule has 0 amide bonds. The number of hydrogen-bond donors (Lipinski definition) is 1. The van der Waals surface area contributed by atoms with Crippen molar-refractivity contribution in [1.29, 1.82) is 0 Å². The molecule has 2 N–H and O–H groups in total. The SMILES string of the molecule is CC1CC(N)CCN1S(=O)(=O)c1ccc(S(C)(=O)=O)cc1. The fourth-order valence-electron chi connectivity index (χ4n) is 2.54. The molecule has 8 heteroatoms. The lowest BCUT2D eigenvalue weighted by atomic mass is 10.0. The predicted octanol–water partition coefficient (Wildman–Crippen LogP) is 0.590. The van der Waals surface area contributed by atoms with Crippen molar-refractivity contribution in [2.45, 2.75) is 41.6 Å². The highest BCUT2D eigenvalue weighted by molar-refractivity contribution is 7.90. The van der Waals surface area contributed by atoms with Crippen molar-refractivity contribution >= 4 is 19.9 Å². The maximum absolute atomic E-state index is 12.6. The first-order valence-corrected chi connectivity index (χ1v) is 10.0. The van der Waals surface area contributed by atoms with Crippen molar-refractivity contribution in [3.05, 3.63) is 24.3 Å². The Morgan fingerprint density at radius 2 is 1.62 bits per heavy atom. The summed E-state index contributed by atoms with van der Waals surface area (Å²) in [5.41, 5.74) is 5.85. The standard InChI is InChI=1S/C13H20N2O4S2/c1-10-9-11(14)7-8-15(10)21(18,19)13-5-3-12(4-6-13)20(2,16)17/h3-6,10-11H,7-9,14H2,1-2H3. The summed E-state index contributed by atoms with van der Waals surface area (Å²) in [4.78, 5) is 0.215. The van der Waals surface area contributed by atoms with E-state index in [2.05, 4.69) is 0 Å². The van der Waals surface area contributed by atoms with Gasteiger partial charge in [0.05, 0.1) is 9.79 Å². The van der Waals surface area contributed by atoms with Gasteiger partial charge < -0.3 is 5.73 Å². The molecule has 1 saturated heterocycles. The number of sulfone groups is 1. The van der Waals surface area contributed by atoms with Crippen LogP contribution in [0.5, 0.6) is 0 Å². The third-order valence-corrected chi connectivity index (χ3v) is 6.87. The third-order valence-electron chi connectivity index (χ3n) is 3.71. The highest BCUT2D eigenvalue weighted by atomic mass is 32.2. The average Bonchev–Trinajstić information content (AvgIpc) is 2.37. The van der Waals surface area contributed by atoms with E-state index in [9.17, 15) is 16.8 Å². The van der Waals surface area contributed by atoms with Gasteiger partial charge >= 0.3 is 0 Å². The fraction of sp³-hybridized carbons (Fsp3) is 0.538. The van der Waals surface area contributed by atoms with Gasteiger partial charge in [0.15, 0.2) is 9.84 Å². The highest BCUT2D eigenvalue weighted by Crippen LogP contribution is 2.25. The van der Waals surface area contributed by atoms with Crippen LogP contribution >= 0.6 is 0 Å². The van der Waals surface area contributed by atoms with Crippen molar-refractivity contribution < 1.29 is 16.8 Å². The Kier molecular flexibility index (Phi) is 4.44. The Labute approximate surface area is 125 Å². The van der Waals surface area contributed by atoms with Crippen molar-refractivity contribution in [2.24, 2.45) is 5.73 Å². The molecule has 21 heavy (non-hydrogen) atoms. The third kappa shape index (κ3) is 3.45. The number of rotatable bonds is 3. The van der Waals surface area contributed by atoms with Crippen LogP contribution in [0.15, 0.2) is 34.1 Å². The molecule has 6 nitrogen and oxygen atoms in total. The first-order valence-electron chi connectivity index (χ1n) is 6.70. The van der Waals surface area contributed by atoms with Crippen LogP contribution in [0.2, 0.25) is 0 Å². The zero-order valence-electron chi connectivity index (χ0n) is 12.1. The number of sulfonamides is 1. The molecule has 1 aromatic carbocycles. The van der Waals surface area contributed by atoms with Crippen LogP contribution < -0.4 is 5.73 Å². The Balaban J connectivity index is 2.32. The largest absolute Gasteiger partial charge is 0.328 e. The van der Waals surface area contributed by atoms with Gasteiger partial charge in [-0.15, -0.1) is 0 Å². The summed E-state index contributed by atoms with van der Waals surface area (Å²) in [7, 11) is -6.95. The van der Waals surface area contributed by atoms with Crippen LogP contribution in [0, 0.1) is 0 Å². The van der Waals surface area contributed by atoms with E-state index in [1.54, 1.807) is 0 Å². The van der Waals surface area contributed by atoms with Crippen LogP contribution in [0.3, 0.4) is 0 Å². The van der Waals surface area contributed by atoms with Crippen LogP contribution in [-0.2, 0) is 19.9 Å². The molecular formula is C13H20N2O4S2. The number of nitrogens with two attached hydrogens (primary N) is 1. The van der Waals surface area contributed by atoms with Crippen LogP contribution in [0.4, 0.5) is 0 Å². The second-order valence-corrected chi connectivity index (χ2v) is 9.40. The Morgan fingerprint density at radius 3 is 2.10 bits per heavy atom. The molecule has 1 aliphatic heterocycles. The summed E-state index contributed by atoms with van der Waals surface area (Å²) in [6, 6.07) is 5.19. The van der Waals surface area contributed by atoms with E-state index in [1.165, 1.54) is 28.6 Å². The lowest BCUT2D eigenvalue weighted by Gasteiger charge is -2.35. The van der Waals surface area contributed by atoms with Crippen molar-refractivity contribution in [1.82, 2.24) is 4.31 Å². The Morgan fingerprint density at radius 1 is 1.10 bits per heavy atom. The summed E-state index contributed by atoms with van der Waals surface area (Å²) in [6.45, 7) is 2.22. The molecule has 1 heterocycles. The minimum Gasteiger partial charge on any atom is -0.328 e. The maximum atomic E-state index is 12.6. The number of benzene rings is 1. The van der Waals surface area contributed by atoms with Gasteiger partial charge in [-0.05, 0) is 44.0 Å². The summed E-state index contributed by atoms with van der Waals surface area (Å²) >= 11 is 0. The second-order valence-electron chi connectivity index (χ2n) is 5.49. The van der Waals surface area contributed by atoms with Gasteiger partial charge in [0, 0.05) is 24.9 Å². The number of piperidine rings is 1. The topological polar surface area (TPSA) is 97.5 Å². The van der Waals surface area contributed by atoms with Gasteiger partial charge in [-0.2, -0.15) is 4.31 Å². The monoisotopic (exact) mass is 332 g/mol. The van der Waals surface area contributed by atoms with E-state index in [1.807, 2.05) is 6.92 Å². The maximum Gasteiger partial charge on any atom is 0.243 e. The fourth-order valence-corrected chi connectivity index (χ4v) is 4.83. The second kappa shape index (κ2) is 5.68. The normalized spacial score (nSPS) is 24.9. The molecule has 1 aromatic rings. The van der Waals surface area contributed by atoms with Gasteiger partial charge in [0.1, 0.15) is 0 Å². The molecule has 2 atom stereocenters. The first-order chi connectivity index (χ1) is 9.62. The predicted molar refractivity (Wildman–Crippen MR) is 80.1 cm³/mol. The molecule has 0 radical (unpaired) electrons. The van der Waals surface area contributed by atoms with E-state index in [4.69, 9.17) is 5.73 Å². The molecule has 0 aliphatic carbocycles. The smallest absolute Gasteiger partial charge is 0.243 e. The molecule has 1 aliphatic rings. The van der Waals surface area contributed by atoms with Gasteiger partial charge in [-0.25, -0.2) is 16.8 Å². The number of nitrogens with zero attached hydrogens (tertiary/aromatic N) is 1. The zero-order valence-corrected chi connectivity index (χ0v) is 13.7. The van der Waals surface area contributed by atoms with Gasteiger partial charge in [0.2, 0.25) is 10.0 Å². The molecule has 0 saturated carbocycles. The molecular weight excluding hydrogens is 312 g/mol. The minimum absolute atomic E-state index is 0.0269. The molecule has 118 valence electrons. The van der Waals surface area contributed by atoms with Crippen LogP contribution in [0.1, 0.15) is 19.8 Å². The zero-order chi connectivity index (χ0) is 15.8. The van der Waals surface area contributed by atoms with Gasteiger partial charge in [-0.3, -0.25) is 0 Å². The molecule has 0 aromatic heterocycles. The summed E-state index contributed by atoms with van der Waals surface area (Å²) in [5, 5.41) is 0. The van der Waals surface area contributed by atoms with E-state index in [-0.39, 0.29) is 21.9 Å². The molecule has 0 spiro atoms. The quantitative estimate of drug-likeness (QED) is 0.873. The first kappa shape index (κ1) is 16.4. The summed E-state index contributed by atoms with van der Waals surface area (Å²) in [5.74, 6) is 0. The van der Waals surface area contributed by atoms with E-state index in [0.29, 0.717) is 19.4 Å². The molecule has 2 rings (SSSR count). The molecule has 2 unspecified atom stereocenters.